The van der Waals surface area contributed by atoms with Gasteiger partial charge in [0.05, 0.1) is 31.2 Å². The van der Waals surface area contributed by atoms with Gasteiger partial charge in [0.15, 0.2) is 5.82 Å². The maximum Gasteiger partial charge on any atom is 0.318 e. The molecule has 2 unspecified atom stereocenters. The highest BCUT2D eigenvalue weighted by Gasteiger charge is 2.43. The van der Waals surface area contributed by atoms with Gasteiger partial charge in [-0.05, 0) is 56.2 Å². The topological polar surface area (TPSA) is 75.6 Å². The van der Waals surface area contributed by atoms with Crippen LogP contribution in [0.15, 0.2) is 24.4 Å². The molecule has 6 heterocycles. The van der Waals surface area contributed by atoms with Crippen LogP contribution in [0.1, 0.15) is 43.6 Å². The molecule has 2 aromatic heterocycles. The van der Waals surface area contributed by atoms with Crippen molar-refractivity contribution in [1.29, 1.82) is 0 Å². The molecule has 5 fully saturated rings. The van der Waals surface area contributed by atoms with E-state index in [9.17, 15) is 4.39 Å². The quantitative estimate of drug-likeness (QED) is 0.471. The number of benzene rings is 1. The summed E-state index contributed by atoms with van der Waals surface area (Å²) in [6.45, 7) is 5.40. The van der Waals surface area contributed by atoms with Crippen LogP contribution in [0.3, 0.4) is 0 Å². The van der Waals surface area contributed by atoms with Gasteiger partial charge < -0.3 is 19.7 Å². The standard InChI is InChI=1S/C23H23ClFN5O2.C7H12FN/c1-31-22-28-20-15(21(29-22)30-8-7-27-23(10-30)11-32-12-23)9-26-19(18(20)25)14-3-2-4-16(24)17(14)13-5-6-13;8-6-4-7-2-1-3-9(7)5-6/h2-4,9,13,27H,5-8,10-12H2,1H3;6-7H,1-5H2. The molecule has 1 spiro atoms. The zero-order valence-corrected chi connectivity index (χ0v) is 24.0. The molecule has 2 atom stereocenters. The smallest absolute Gasteiger partial charge is 0.318 e. The molecule has 8 rings (SSSR count). The highest BCUT2D eigenvalue weighted by atomic mass is 35.5. The number of rotatable bonds is 4. The molecule has 0 amide bonds. The summed E-state index contributed by atoms with van der Waals surface area (Å²) >= 11 is 6.49. The monoisotopic (exact) mass is 584 g/mol. The number of hydrogen-bond donors (Lipinski definition) is 1. The number of nitrogens with zero attached hydrogens (tertiary/aromatic N) is 5. The number of hydrogen-bond acceptors (Lipinski definition) is 8. The zero-order chi connectivity index (χ0) is 28.1. The first kappa shape index (κ1) is 27.2. The average molecular weight is 585 g/mol. The summed E-state index contributed by atoms with van der Waals surface area (Å²) in [5.74, 6) is 0.504. The summed E-state index contributed by atoms with van der Waals surface area (Å²) in [5, 5.41) is 4.76. The van der Waals surface area contributed by atoms with Gasteiger partial charge >= 0.3 is 6.01 Å². The van der Waals surface area contributed by atoms with E-state index in [0.29, 0.717) is 54.5 Å². The fraction of sp³-hybridized carbons (Fsp3) is 0.567. The number of alkyl halides is 1. The number of anilines is 1. The Morgan fingerprint density at radius 3 is 2.76 bits per heavy atom. The Balaban J connectivity index is 0.000000260. The molecule has 1 aromatic carbocycles. The van der Waals surface area contributed by atoms with Gasteiger partial charge in [0.25, 0.3) is 0 Å². The third-order valence-electron chi connectivity index (χ3n) is 9.01. The number of piperazine rings is 1. The minimum absolute atomic E-state index is 0.0887. The van der Waals surface area contributed by atoms with Gasteiger partial charge in [0.2, 0.25) is 0 Å². The number of ether oxygens (including phenoxy) is 2. The lowest BCUT2D eigenvalue weighted by molar-refractivity contribution is -0.0743. The average Bonchev–Trinajstić information content (AvgIpc) is 3.61. The molecule has 0 bridgehead atoms. The number of pyridine rings is 1. The summed E-state index contributed by atoms with van der Waals surface area (Å²) < 4.78 is 39.3. The minimum Gasteiger partial charge on any atom is -0.467 e. The lowest BCUT2D eigenvalue weighted by Gasteiger charge is -2.49. The normalized spacial score (nSPS) is 25.1. The molecule has 1 aliphatic carbocycles. The summed E-state index contributed by atoms with van der Waals surface area (Å²) in [4.78, 5) is 17.9. The second-order valence-electron chi connectivity index (χ2n) is 11.9. The van der Waals surface area contributed by atoms with Crippen molar-refractivity contribution >= 4 is 28.3 Å². The maximum atomic E-state index is 15.9. The molecule has 218 valence electrons. The lowest BCUT2D eigenvalue weighted by Crippen LogP contribution is -2.70. The number of aromatic nitrogens is 3. The van der Waals surface area contributed by atoms with Crippen molar-refractivity contribution in [3.05, 3.63) is 40.8 Å². The van der Waals surface area contributed by atoms with Crippen LogP contribution in [0, 0.1) is 5.82 Å². The van der Waals surface area contributed by atoms with Gasteiger partial charge in [-0.2, -0.15) is 9.97 Å². The fourth-order valence-electron chi connectivity index (χ4n) is 6.78. The molecular weight excluding hydrogens is 550 g/mol. The van der Waals surface area contributed by atoms with Crippen molar-refractivity contribution in [3.63, 3.8) is 0 Å². The maximum absolute atomic E-state index is 15.9. The van der Waals surface area contributed by atoms with E-state index in [4.69, 9.17) is 21.1 Å². The Morgan fingerprint density at radius 2 is 2.02 bits per heavy atom. The largest absolute Gasteiger partial charge is 0.467 e. The van der Waals surface area contributed by atoms with Crippen LogP contribution in [-0.2, 0) is 4.74 Å². The molecule has 8 nitrogen and oxygen atoms in total. The number of methoxy groups -OCH3 is 1. The van der Waals surface area contributed by atoms with Gasteiger partial charge in [-0.25, -0.2) is 8.78 Å². The second-order valence-corrected chi connectivity index (χ2v) is 12.3. The van der Waals surface area contributed by atoms with Crippen LogP contribution in [0.4, 0.5) is 14.6 Å². The van der Waals surface area contributed by atoms with Crippen molar-refractivity contribution in [2.45, 2.75) is 55.8 Å². The van der Waals surface area contributed by atoms with Gasteiger partial charge in [0.1, 0.15) is 23.2 Å². The van der Waals surface area contributed by atoms with E-state index in [1.807, 2.05) is 18.2 Å². The molecule has 0 radical (unpaired) electrons. The Morgan fingerprint density at radius 1 is 1.17 bits per heavy atom. The highest BCUT2D eigenvalue weighted by Crippen LogP contribution is 2.48. The van der Waals surface area contributed by atoms with Crippen LogP contribution in [0.2, 0.25) is 5.02 Å². The van der Waals surface area contributed by atoms with E-state index in [1.54, 1.807) is 6.20 Å². The first-order valence-corrected chi connectivity index (χ1v) is 15.0. The molecule has 4 aliphatic heterocycles. The summed E-state index contributed by atoms with van der Waals surface area (Å²) in [7, 11) is 1.49. The SMILES string of the molecule is COc1nc(N2CCNC3(COC3)C2)c2cnc(-c3cccc(Cl)c3C3CC3)c(F)c2n1.FC1CC2CCCN2C1. The third-order valence-corrected chi connectivity index (χ3v) is 9.34. The van der Waals surface area contributed by atoms with Gasteiger partial charge in [0, 0.05) is 49.0 Å². The molecule has 4 saturated heterocycles. The van der Waals surface area contributed by atoms with E-state index in [2.05, 4.69) is 30.1 Å². The Hall–Kier alpha value is -2.66. The van der Waals surface area contributed by atoms with Crippen molar-refractivity contribution in [3.8, 4) is 17.3 Å². The summed E-state index contributed by atoms with van der Waals surface area (Å²) in [5.41, 5.74) is 2.07. The van der Waals surface area contributed by atoms with E-state index < -0.39 is 12.0 Å². The van der Waals surface area contributed by atoms with Crippen molar-refractivity contribution < 1.29 is 18.3 Å². The predicted molar refractivity (Wildman–Crippen MR) is 154 cm³/mol. The molecule has 3 aromatic rings. The Labute approximate surface area is 243 Å². The lowest BCUT2D eigenvalue weighted by atomic mass is 9.94. The predicted octanol–water partition coefficient (Wildman–Crippen LogP) is 4.74. The van der Waals surface area contributed by atoms with E-state index in [0.717, 1.165) is 50.0 Å². The number of fused-ring (bicyclic) bond motifs is 2. The van der Waals surface area contributed by atoms with Crippen molar-refractivity contribution in [2.24, 2.45) is 0 Å². The summed E-state index contributed by atoms with van der Waals surface area (Å²) in [6, 6.07) is 6.31. The fourth-order valence-corrected chi connectivity index (χ4v) is 7.11. The van der Waals surface area contributed by atoms with Gasteiger partial charge in [-0.1, -0.05) is 23.7 Å². The van der Waals surface area contributed by atoms with Crippen LogP contribution in [-0.4, -0.2) is 90.7 Å². The van der Waals surface area contributed by atoms with Crippen molar-refractivity contribution in [1.82, 2.24) is 25.2 Å². The first-order chi connectivity index (χ1) is 19.9. The van der Waals surface area contributed by atoms with E-state index in [-0.39, 0.29) is 22.8 Å². The first-order valence-electron chi connectivity index (χ1n) is 14.6. The Bertz CT molecular complexity index is 1440. The number of nitrogens with one attached hydrogen (secondary N) is 1. The Kier molecular flexibility index (Phi) is 7.21. The highest BCUT2D eigenvalue weighted by molar-refractivity contribution is 6.31. The zero-order valence-electron chi connectivity index (χ0n) is 23.2. The van der Waals surface area contributed by atoms with Crippen LogP contribution < -0.4 is 15.0 Å². The number of halogens is 3. The van der Waals surface area contributed by atoms with Crippen LogP contribution >= 0.6 is 11.6 Å². The third kappa shape index (κ3) is 5.13. The molecule has 41 heavy (non-hydrogen) atoms. The van der Waals surface area contributed by atoms with Crippen molar-refractivity contribution in [2.75, 3.05) is 57.9 Å². The molecule has 1 saturated carbocycles. The van der Waals surface area contributed by atoms with Crippen LogP contribution in [0.5, 0.6) is 6.01 Å². The van der Waals surface area contributed by atoms with E-state index in [1.165, 1.54) is 20.0 Å². The van der Waals surface area contributed by atoms with E-state index >= 15 is 4.39 Å². The second kappa shape index (κ2) is 10.9. The molecular formula is C30H35ClF2N6O2. The molecule has 1 N–H and O–H groups in total. The van der Waals surface area contributed by atoms with Crippen LogP contribution in [0.25, 0.3) is 22.2 Å². The summed E-state index contributed by atoms with van der Waals surface area (Å²) in [6.07, 6.45) is 6.60. The van der Waals surface area contributed by atoms with Gasteiger partial charge in [-0.15, -0.1) is 0 Å². The van der Waals surface area contributed by atoms with Gasteiger partial charge in [-0.3, -0.25) is 9.88 Å². The molecule has 5 aliphatic rings. The minimum atomic E-state index is -0.518. The molecule has 11 heteroatoms.